The lowest BCUT2D eigenvalue weighted by Crippen LogP contribution is -2.53. The van der Waals surface area contributed by atoms with E-state index in [9.17, 15) is 22.4 Å². The summed E-state index contributed by atoms with van der Waals surface area (Å²) in [5, 5.41) is 2.98. The Morgan fingerprint density at radius 3 is 2.11 bits per heavy atom. The molecule has 4 aromatic carbocycles. The largest absolute Gasteiger partial charge is 0.354 e. The number of unbranched alkanes of at least 4 members (excludes halogenated alkanes) is 1. The summed E-state index contributed by atoms with van der Waals surface area (Å²) in [6.45, 7) is 3.91. The first-order valence-electron chi connectivity index (χ1n) is 14.7. The normalized spacial score (nSPS) is 11.9. The molecule has 0 saturated carbocycles. The van der Waals surface area contributed by atoms with Crippen LogP contribution in [-0.4, -0.2) is 44.3 Å². The lowest BCUT2D eigenvalue weighted by atomic mass is 10.0. The predicted octanol–water partition coefficient (Wildman–Crippen LogP) is 5.89. The van der Waals surface area contributed by atoms with Gasteiger partial charge >= 0.3 is 0 Å². The van der Waals surface area contributed by atoms with Gasteiger partial charge in [-0.25, -0.2) is 12.8 Å². The van der Waals surface area contributed by atoms with Gasteiger partial charge in [-0.15, -0.1) is 0 Å². The van der Waals surface area contributed by atoms with Gasteiger partial charge in [-0.05, 0) is 60.9 Å². The molecule has 230 valence electrons. The minimum absolute atomic E-state index is 0.0134. The van der Waals surface area contributed by atoms with Gasteiger partial charge in [0.1, 0.15) is 18.4 Å². The second-order valence-corrected chi connectivity index (χ2v) is 12.5. The fraction of sp³-hybridized carbons (Fsp3) is 0.257. The molecule has 0 fully saturated rings. The molecule has 0 radical (unpaired) electrons. The third-order valence-electron chi connectivity index (χ3n) is 7.26. The Balaban J connectivity index is 1.78. The van der Waals surface area contributed by atoms with Gasteiger partial charge in [0.25, 0.3) is 10.0 Å². The van der Waals surface area contributed by atoms with E-state index in [4.69, 9.17) is 0 Å². The maximum Gasteiger partial charge on any atom is 0.264 e. The summed E-state index contributed by atoms with van der Waals surface area (Å²) in [4.78, 5) is 29.6. The molecule has 4 rings (SSSR count). The Labute approximate surface area is 259 Å². The number of benzene rings is 4. The standard InChI is InChI=1S/C35H38FN3O4S/c1-3-4-22-37-35(41)33(24-28-13-7-5-8-14-28)38(25-29-15-11-12-27(2)23-29)34(40)26-39(31-20-18-30(36)19-21-31)44(42,43)32-16-9-6-10-17-32/h5-21,23,33H,3-4,22,24-26H2,1-2H3,(H,37,41). The Bertz CT molecular complexity index is 1630. The van der Waals surface area contributed by atoms with E-state index in [1.807, 2.05) is 68.4 Å². The molecule has 4 aromatic rings. The maximum absolute atomic E-state index is 14.4. The third-order valence-corrected chi connectivity index (χ3v) is 9.05. The van der Waals surface area contributed by atoms with Crippen molar-refractivity contribution in [2.45, 2.75) is 50.6 Å². The minimum Gasteiger partial charge on any atom is -0.354 e. The number of anilines is 1. The SMILES string of the molecule is CCCCNC(=O)C(Cc1ccccc1)N(Cc1cccc(C)c1)C(=O)CN(c1ccc(F)cc1)S(=O)(=O)c1ccccc1. The number of nitrogens with one attached hydrogen (secondary N) is 1. The molecule has 0 aliphatic rings. The van der Waals surface area contributed by atoms with Crippen molar-refractivity contribution >= 4 is 27.5 Å². The molecule has 44 heavy (non-hydrogen) atoms. The van der Waals surface area contributed by atoms with Gasteiger partial charge in [0.2, 0.25) is 11.8 Å². The van der Waals surface area contributed by atoms with Crippen molar-refractivity contribution in [3.63, 3.8) is 0 Å². The van der Waals surface area contributed by atoms with Crippen LogP contribution in [0.2, 0.25) is 0 Å². The monoisotopic (exact) mass is 615 g/mol. The molecule has 0 aromatic heterocycles. The lowest BCUT2D eigenvalue weighted by Gasteiger charge is -2.34. The van der Waals surface area contributed by atoms with Crippen LogP contribution >= 0.6 is 0 Å². The van der Waals surface area contributed by atoms with Crippen LogP contribution in [0.1, 0.15) is 36.5 Å². The quantitative estimate of drug-likeness (QED) is 0.179. The number of sulfonamides is 1. The molecule has 2 amide bonds. The van der Waals surface area contributed by atoms with Crippen molar-refractivity contribution in [1.29, 1.82) is 0 Å². The smallest absolute Gasteiger partial charge is 0.264 e. The average molecular weight is 616 g/mol. The van der Waals surface area contributed by atoms with Crippen molar-refractivity contribution in [2.24, 2.45) is 0 Å². The Kier molecular flexibility index (Phi) is 11.3. The van der Waals surface area contributed by atoms with Crippen molar-refractivity contribution in [2.75, 3.05) is 17.4 Å². The molecule has 1 unspecified atom stereocenters. The molecule has 9 heteroatoms. The molecule has 0 aliphatic carbocycles. The van der Waals surface area contributed by atoms with E-state index in [-0.39, 0.29) is 29.5 Å². The number of hydrogen-bond donors (Lipinski definition) is 1. The molecule has 0 bridgehead atoms. The van der Waals surface area contributed by atoms with E-state index in [0.29, 0.717) is 6.54 Å². The van der Waals surface area contributed by atoms with E-state index in [1.54, 1.807) is 18.2 Å². The van der Waals surface area contributed by atoms with E-state index >= 15 is 0 Å². The van der Waals surface area contributed by atoms with Crippen molar-refractivity contribution in [3.05, 3.63) is 132 Å². The second kappa shape index (κ2) is 15.3. The molecular weight excluding hydrogens is 577 g/mol. The zero-order valence-electron chi connectivity index (χ0n) is 25.0. The van der Waals surface area contributed by atoms with Gasteiger partial charge in [-0.2, -0.15) is 0 Å². The van der Waals surface area contributed by atoms with Gasteiger partial charge in [-0.3, -0.25) is 13.9 Å². The zero-order valence-corrected chi connectivity index (χ0v) is 25.8. The highest BCUT2D eigenvalue weighted by atomic mass is 32.2. The van der Waals surface area contributed by atoms with Crippen LogP contribution in [0.3, 0.4) is 0 Å². The molecular formula is C35H38FN3O4S. The van der Waals surface area contributed by atoms with Crippen LogP contribution in [0, 0.1) is 12.7 Å². The fourth-order valence-electron chi connectivity index (χ4n) is 4.92. The van der Waals surface area contributed by atoms with E-state index in [2.05, 4.69) is 5.32 Å². The summed E-state index contributed by atoms with van der Waals surface area (Å²) in [7, 11) is -4.23. The Hall–Kier alpha value is -4.50. The van der Waals surface area contributed by atoms with E-state index in [1.165, 1.54) is 29.2 Å². The zero-order chi connectivity index (χ0) is 31.5. The van der Waals surface area contributed by atoms with Crippen molar-refractivity contribution in [1.82, 2.24) is 10.2 Å². The minimum atomic E-state index is -4.23. The molecule has 7 nitrogen and oxygen atoms in total. The van der Waals surface area contributed by atoms with Gasteiger partial charge in [0.15, 0.2) is 0 Å². The number of halogens is 1. The average Bonchev–Trinajstić information content (AvgIpc) is 3.03. The summed E-state index contributed by atoms with van der Waals surface area (Å²) >= 11 is 0. The van der Waals surface area contributed by atoms with Gasteiger partial charge in [0.05, 0.1) is 10.6 Å². The number of carbonyl (C=O) groups excluding carboxylic acids is 2. The highest BCUT2D eigenvalue weighted by Crippen LogP contribution is 2.25. The summed E-state index contributed by atoms with van der Waals surface area (Å²) in [6.07, 6.45) is 1.90. The molecule has 1 atom stereocenters. The summed E-state index contributed by atoms with van der Waals surface area (Å²) < 4.78 is 42.7. The van der Waals surface area contributed by atoms with Gasteiger partial charge in [0, 0.05) is 19.5 Å². The lowest BCUT2D eigenvalue weighted by molar-refractivity contribution is -0.140. The Morgan fingerprint density at radius 1 is 0.841 bits per heavy atom. The van der Waals surface area contributed by atoms with Gasteiger partial charge in [-0.1, -0.05) is 91.7 Å². The highest BCUT2D eigenvalue weighted by molar-refractivity contribution is 7.92. The van der Waals surface area contributed by atoms with E-state index in [0.717, 1.165) is 46.0 Å². The summed E-state index contributed by atoms with van der Waals surface area (Å²) in [5.41, 5.74) is 2.78. The Morgan fingerprint density at radius 2 is 1.48 bits per heavy atom. The van der Waals surface area contributed by atoms with Crippen LogP contribution in [0.15, 0.2) is 114 Å². The molecule has 0 saturated heterocycles. The van der Waals surface area contributed by atoms with Crippen LogP contribution in [0.4, 0.5) is 10.1 Å². The first-order chi connectivity index (χ1) is 21.2. The molecule has 0 heterocycles. The number of rotatable bonds is 14. The van der Waals surface area contributed by atoms with Crippen LogP contribution in [-0.2, 0) is 32.6 Å². The summed E-state index contributed by atoms with van der Waals surface area (Å²) in [5.74, 6) is -1.42. The first kappa shape index (κ1) is 32.4. The fourth-order valence-corrected chi connectivity index (χ4v) is 6.36. The molecule has 0 spiro atoms. The van der Waals surface area contributed by atoms with E-state index < -0.39 is 34.3 Å². The van der Waals surface area contributed by atoms with Crippen LogP contribution in [0.25, 0.3) is 0 Å². The predicted molar refractivity (Wildman–Crippen MR) is 171 cm³/mol. The topological polar surface area (TPSA) is 86.8 Å². The number of carbonyl (C=O) groups is 2. The number of aryl methyl sites for hydroxylation is 1. The first-order valence-corrected chi connectivity index (χ1v) is 16.1. The third kappa shape index (κ3) is 8.54. The highest BCUT2D eigenvalue weighted by Gasteiger charge is 2.34. The van der Waals surface area contributed by atoms with Crippen molar-refractivity contribution < 1.29 is 22.4 Å². The summed E-state index contributed by atoms with van der Waals surface area (Å²) in [6, 6.07) is 28.9. The van der Waals surface area contributed by atoms with Gasteiger partial charge < -0.3 is 10.2 Å². The van der Waals surface area contributed by atoms with Crippen LogP contribution in [0.5, 0.6) is 0 Å². The molecule has 1 N–H and O–H groups in total. The number of nitrogens with zero attached hydrogens (tertiary/aromatic N) is 2. The number of hydrogen-bond acceptors (Lipinski definition) is 4. The molecule has 0 aliphatic heterocycles. The van der Waals surface area contributed by atoms with Crippen molar-refractivity contribution in [3.8, 4) is 0 Å². The maximum atomic E-state index is 14.4. The second-order valence-electron chi connectivity index (χ2n) is 10.7. The van der Waals surface area contributed by atoms with Crippen LogP contribution < -0.4 is 9.62 Å². The number of amides is 2.